The first-order chi connectivity index (χ1) is 8.88. The molecule has 1 aliphatic carbocycles. The van der Waals surface area contributed by atoms with Crippen molar-refractivity contribution in [3.8, 4) is 0 Å². The maximum absolute atomic E-state index is 5.61. The Balaban J connectivity index is 1.87. The van der Waals surface area contributed by atoms with Gasteiger partial charge in [0.25, 0.3) is 0 Å². The second-order valence-corrected chi connectivity index (χ2v) is 5.51. The first-order valence-corrected chi connectivity index (χ1v) is 7.15. The van der Waals surface area contributed by atoms with Gasteiger partial charge in [0, 0.05) is 23.6 Å². The van der Waals surface area contributed by atoms with Crippen molar-refractivity contribution in [2.75, 3.05) is 6.54 Å². The smallest absolute Gasteiger partial charge is 0.0483 e. The second-order valence-electron chi connectivity index (χ2n) is 5.51. The maximum atomic E-state index is 5.61. The van der Waals surface area contributed by atoms with Gasteiger partial charge in [0.05, 0.1) is 0 Å². The lowest BCUT2D eigenvalue weighted by atomic mass is 9.85. The molecule has 0 saturated heterocycles. The fourth-order valence-electron chi connectivity index (χ4n) is 2.91. The molecule has 0 bridgehead atoms. The average molecular weight is 242 g/mol. The Bertz CT molecular complexity index is 523. The molecule has 2 heteroatoms. The van der Waals surface area contributed by atoms with Crippen molar-refractivity contribution in [2.24, 2.45) is 11.7 Å². The zero-order valence-corrected chi connectivity index (χ0v) is 10.9. The van der Waals surface area contributed by atoms with Crippen molar-refractivity contribution in [3.05, 3.63) is 36.0 Å². The van der Waals surface area contributed by atoms with Crippen molar-refractivity contribution in [1.29, 1.82) is 0 Å². The van der Waals surface area contributed by atoms with Crippen molar-refractivity contribution < 1.29 is 0 Å². The number of aryl methyl sites for hydroxylation is 1. The molecule has 18 heavy (non-hydrogen) atoms. The van der Waals surface area contributed by atoms with Crippen molar-refractivity contribution >= 4 is 10.9 Å². The van der Waals surface area contributed by atoms with Crippen molar-refractivity contribution in [2.45, 2.75) is 38.6 Å². The first kappa shape index (κ1) is 11.8. The van der Waals surface area contributed by atoms with Crippen LogP contribution in [0.4, 0.5) is 0 Å². The standard InChI is InChI=1S/C16H22N2/c17-10-3-7-14-6-2-8-16-15(14)9-11-18(16)12-13-4-1-5-13/h2,6,8-9,11,13H,1,3-5,7,10,12,17H2. The molecule has 1 aromatic carbocycles. The van der Waals surface area contributed by atoms with Crippen LogP contribution in [0.2, 0.25) is 0 Å². The van der Waals surface area contributed by atoms with Gasteiger partial charge in [0.2, 0.25) is 0 Å². The number of aromatic nitrogens is 1. The monoisotopic (exact) mass is 242 g/mol. The molecule has 2 N–H and O–H groups in total. The summed E-state index contributed by atoms with van der Waals surface area (Å²) in [7, 11) is 0. The molecule has 1 saturated carbocycles. The summed E-state index contributed by atoms with van der Waals surface area (Å²) in [6.45, 7) is 1.98. The molecule has 1 fully saturated rings. The van der Waals surface area contributed by atoms with Gasteiger partial charge >= 0.3 is 0 Å². The molecule has 2 aromatic rings. The molecule has 96 valence electrons. The van der Waals surface area contributed by atoms with Crippen LogP contribution >= 0.6 is 0 Å². The summed E-state index contributed by atoms with van der Waals surface area (Å²) in [5, 5.41) is 1.42. The molecule has 1 aliphatic rings. The van der Waals surface area contributed by atoms with Crippen LogP contribution in [0.1, 0.15) is 31.2 Å². The Morgan fingerprint density at radius 2 is 2.11 bits per heavy atom. The quantitative estimate of drug-likeness (QED) is 0.856. The Hall–Kier alpha value is -1.28. The molecule has 0 spiro atoms. The van der Waals surface area contributed by atoms with Crippen LogP contribution in [0.3, 0.4) is 0 Å². The van der Waals surface area contributed by atoms with E-state index in [4.69, 9.17) is 5.73 Å². The summed E-state index contributed by atoms with van der Waals surface area (Å²) in [5.74, 6) is 0.910. The third-order valence-corrected chi connectivity index (χ3v) is 4.23. The predicted molar refractivity (Wildman–Crippen MR) is 76.7 cm³/mol. The Kier molecular flexibility index (Phi) is 3.37. The Labute approximate surface area is 109 Å². The number of benzene rings is 1. The molecule has 3 rings (SSSR count). The maximum Gasteiger partial charge on any atom is 0.0483 e. The van der Waals surface area contributed by atoms with Gasteiger partial charge < -0.3 is 10.3 Å². The SMILES string of the molecule is NCCCc1cccc2c1ccn2CC1CCC1. The van der Waals surface area contributed by atoms with Crippen LogP contribution in [-0.4, -0.2) is 11.1 Å². The van der Waals surface area contributed by atoms with E-state index in [0.717, 1.165) is 25.3 Å². The summed E-state index contributed by atoms with van der Waals surface area (Å²) in [5.41, 5.74) is 8.46. The zero-order valence-electron chi connectivity index (χ0n) is 10.9. The average Bonchev–Trinajstić information content (AvgIpc) is 2.75. The predicted octanol–water partition coefficient (Wildman–Crippen LogP) is 3.33. The topological polar surface area (TPSA) is 30.9 Å². The highest BCUT2D eigenvalue weighted by Crippen LogP contribution is 2.30. The molecular formula is C16H22N2. The molecule has 1 heterocycles. The molecule has 0 radical (unpaired) electrons. The van der Waals surface area contributed by atoms with E-state index in [1.54, 1.807) is 0 Å². The second kappa shape index (κ2) is 5.15. The van der Waals surface area contributed by atoms with Gasteiger partial charge in [0.1, 0.15) is 0 Å². The van der Waals surface area contributed by atoms with E-state index in [-0.39, 0.29) is 0 Å². The normalized spacial score (nSPS) is 16.1. The molecule has 0 atom stereocenters. The van der Waals surface area contributed by atoms with Gasteiger partial charge in [0.15, 0.2) is 0 Å². The van der Waals surface area contributed by atoms with E-state index in [2.05, 4.69) is 35.0 Å². The van der Waals surface area contributed by atoms with E-state index in [1.807, 2.05) is 0 Å². The van der Waals surface area contributed by atoms with E-state index in [0.29, 0.717) is 0 Å². The number of hydrogen-bond acceptors (Lipinski definition) is 1. The minimum Gasteiger partial charge on any atom is -0.347 e. The van der Waals surface area contributed by atoms with Gasteiger partial charge in [-0.2, -0.15) is 0 Å². The lowest BCUT2D eigenvalue weighted by molar-refractivity contribution is 0.280. The van der Waals surface area contributed by atoms with Gasteiger partial charge in [-0.1, -0.05) is 18.6 Å². The van der Waals surface area contributed by atoms with Gasteiger partial charge in [-0.05, 0) is 55.8 Å². The lowest BCUT2D eigenvalue weighted by Crippen LogP contribution is -2.17. The van der Waals surface area contributed by atoms with Crippen LogP contribution in [0.25, 0.3) is 10.9 Å². The van der Waals surface area contributed by atoms with E-state index < -0.39 is 0 Å². The van der Waals surface area contributed by atoms with Crippen molar-refractivity contribution in [3.63, 3.8) is 0 Å². The third kappa shape index (κ3) is 2.17. The lowest BCUT2D eigenvalue weighted by Gasteiger charge is -2.26. The van der Waals surface area contributed by atoms with Crippen molar-refractivity contribution in [1.82, 2.24) is 4.57 Å². The number of rotatable bonds is 5. The highest BCUT2D eigenvalue weighted by atomic mass is 15.0. The largest absolute Gasteiger partial charge is 0.347 e. The number of nitrogens with two attached hydrogens (primary N) is 1. The van der Waals surface area contributed by atoms with Crippen LogP contribution in [-0.2, 0) is 13.0 Å². The number of fused-ring (bicyclic) bond motifs is 1. The fraction of sp³-hybridized carbons (Fsp3) is 0.500. The van der Waals surface area contributed by atoms with E-state index >= 15 is 0 Å². The molecule has 0 aliphatic heterocycles. The minimum atomic E-state index is 0.777. The van der Waals surface area contributed by atoms with Gasteiger partial charge in [-0.15, -0.1) is 0 Å². The molecule has 0 amide bonds. The minimum absolute atomic E-state index is 0.777. The zero-order chi connectivity index (χ0) is 12.4. The summed E-state index contributed by atoms with van der Waals surface area (Å²) >= 11 is 0. The van der Waals surface area contributed by atoms with Crippen LogP contribution in [0.15, 0.2) is 30.5 Å². The van der Waals surface area contributed by atoms with E-state index in [9.17, 15) is 0 Å². The van der Waals surface area contributed by atoms with Crippen LogP contribution in [0.5, 0.6) is 0 Å². The Morgan fingerprint density at radius 1 is 1.22 bits per heavy atom. The van der Waals surface area contributed by atoms with Crippen LogP contribution < -0.4 is 5.73 Å². The summed E-state index contributed by atoms with van der Waals surface area (Å²) in [6, 6.07) is 8.96. The van der Waals surface area contributed by atoms with Gasteiger partial charge in [-0.3, -0.25) is 0 Å². The van der Waals surface area contributed by atoms with E-state index in [1.165, 1.54) is 42.3 Å². The highest BCUT2D eigenvalue weighted by Gasteiger charge is 2.18. The molecule has 1 aromatic heterocycles. The van der Waals surface area contributed by atoms with Gasteiger partial charge in [-0.25, -0.2) is 0 Å². The molecular weight excluding hydrogens is 220 g/mol. The number of hydrogen-bond donors (Lipinski definition) is 1. The number of nitrogens with zero attached hydrogens (tertiary/aromatic N) is 1. The third-order valence-electron chi connectivity index (χ3n) is 4.23. The summed E-state index contributed by atoms with van der Waals surface area (Å²) in [4.78, 5) is 0. The summed E-state index contributed by atoms with van der Waals surface area (Å²) < 4.78 is 2.44. The van der Waals surface area contributed by atoms with Crippen LogP contribution in [0, 0.1) is 5.92 Å². The highest BCUT2D eigenvalue weighted by molar-refractivity contribution is 5.83. The Morgan fingerprint density at radius 3 is 2.83 bits per heavy atom. The fourth-order valence-corrected chi connectivity index (χ4v) is 2.91. The summed E-state index contributed by atoms with van der Waals surface area (Å²) in [6.07, 6.45) is 8.67. The first-order valence-electron chi connectivity index (χ1n) is 7.15. The molecule has 0 unspecified atom stereocenters. The molecule has 2 nitrogen and oxygen atoms in total.